The van der Waals surface area contributed by atoms with Crippen LogP contribution in [0, 0.1) is 0 Å². The molecule has 0 bridgehead atoms. The lowest BCUT2D eigenvalue weighted by Gasteiger charge is -2.29. The van der Waals surface area contributed by atoms with Gasteiger partial charge in [-0.15, -0.1) is 12.4 Å². The summed E-state index contributed by atoms with van der Waals surface area (Å²) >= 11 is 0. The fraction of sp³-hybridized carbons (Fsp3) is 0.625. The van der Waals surface area contributed by atoms with E-state index < -0.39 is 31.0 Å². The molecule has 0 aliphatic heterocycles. The topological polar surface area (TPSA) is 130 Å². The molecule has 4 atom stereocenters. The predicted molar refractivity (Wildman–Crippen MR) is 93.6 cm³/mol. The molecule has 0 amide bonds. The highest BCUT2D eigenvalue weighted by molar-refractivity contribution is 5.85. The molecule has 0 saturated heterocycles. The minimum Gasteiger partial charge on any atom is -0.394 e. The number of aliphatic hydroxyl groups excluding tert-OH is 5. The Hall–Kier alpha value is -0.770. The number of benzene rings is 1. The molecule has 0 saturated carbocycles. The predicted octanol–water partition coefficient (Wildman–Crippen LogP) is -1.18. The van der Waals surface area contributed by atoms with Crippen LogP contribution in [-0.4, -0.2) is 74.5 Å². The van der Waals surface area contributed by atoms with E-state index in [2.05, 4.69) is 0 Å². The van der Waals surface area contributed by atoms with Crippen LogP contribution in [0.15, 0.2) is 24.3 Å². The van der Waals surface area contributed by atoms with Crippen molar-refractivity contribution in [3.05, 3.63) is 35.4 Å². The maximum atomic E-state index is 10.0. The molecule has 0 aliphatic rings. The summed E-state index contributed by atoms with van der Waals surface area (Å²) in [6, 6.07) is 7.79. The minimum atomic E-state index is -1.60. The second-order valence-corrected chi connectivity index (χ2v) is 5.65. The van der Waals surface area contributed by atoms with Gasteiger partial charge in [-0.05, 0) is 17.7 Å². The van der Waals surface area contributed by atoms with E-state index in [-0.39, 0.29) is 19.0 Å². The lowest BCUT2D eigenvalue weighted by Crippen LogP contribution is -2.49. The molecule has 1 aromatic carbocycles. The molecular weight excluding hydrogens is 336 g/mol. The molecule has 1 aromatic rings. The van der Waals surface area contributed by atoms with Gasteiger partial charge in [0, 0.05) is 19.6 Å². The summed E-state index contributed by atoms with van der Waals surface area (Å²) in [5.41, 5.74) is 7.64. The molecule has 140 valence electrons. The van der Waals surface area contributed by atoms with E-state index in [1.165, 1.54) is 0 Å². The lowest BCUT2D eigenvalue weighted by atomic mass is 10.0. The number of halogens is 1. The van der Waals surface area contributed by atoms with Crippen LogP contribution in [-0.2, 0) is 13.1 Å². The van der Waals surface area contributed by atoms with E-state index >= 15 is 0 Å². The van der Waals surface area contributed by atoms with Gasteiger partial charge in [-0.1, -0.05) is 31.2 Å². The summed E-state index contributed by atoms with van der Waals surface area (Å²) in [6.45, 7) is 3.06. The van der Waals surface area contributed by atoms with Gasteiger partial charge in [0.1, 0.15) is 18.3 Å². The number of likely N-dealkylation sites (N-methyl/N-ethyl adjacent to an activating group) is 1. The number of nitrogens with two attached hydrogens (primary N) is 1. The van der Waals surface area contributed by atoms with E-state index in [0.717, 1.165) is 11.1 Å². The third-order valence-corrected chi connectivity index (χ3v) is 3.88. The van der Waals surface area contributed by atoms with Gasteiger partial charge < -0.3 is 31.3 Å². The molecule has 7 nitrogen and oxygen atoms in total. The van der Waals surface area contributed by atoms with Crippen LogP contribution in [0.25, 0.3) is 0 Å². The SMILES string of the molecule is CCN(Cc1ccc(CN)cc1)CC(O)C(O)C(O)C(O)CO.Cl. The van der Waals surface area contributed by atoms with E-state index in [0.29, 0.717) is 19.6 Å². The van der Waals surface area contributed by atoms with Gasteiger partial charge in [-0.2, -0.15) is 0 Å². The summed E-state index contributed by atoms with van der Waals surface area (Å²) in [5.74, 6) is 0. The molecule has 4 unspecified atom stereocenters. The molecule has 0 spiro atoms. The Balaban J connectivity index is 0.00000529. The van der Waals surface area contributed by atoms with Crippen molar-refractivity contribution in [3.8, 4) is 0 Å². The zero-order valence-corrected chi connectivity index (χ0v) is 14.6. The third-order valence-electron chi connectivity index (χ3n) is 3.88. The van der Waals surface area contributed by atoms with Crippen LogP contribution < -0.4 is 5.73 Å². The average Bonchev–Trinajstić information content (AvgIpc) is 2.59. The van der Waals surface area contributed by atoms with E-state index in [1.807, 2.05) is 36.1 Å². The van der Waals surface area contributed by atoms with E-state index in [9.17, 15) is 20.4 Å². The van der Waals surface area contributed by atoms with Crippen LogP contribution in [0.1, 0.15) is 18.1 Å². The summed E-state index contributed by atoms with van der Waals surface area (Å²) in [7, 11) is 0. The number of rotatable bonds is 10. The van der Waals surface area contributed by atoms with Crippen LogP contribution in [0.5, 0.6) is 0 Å². The Morgan fingerprint density at radius 2 is 1.46 bits per heavy atom. The van der Waals surface area contributed by atoms with Gasteiger partial charge >= 0.3 is 0 Å². The Morgan fingerprint density at radius 3 is 1.92 bits per heavy atom. The molecule has 0 aromatic heterocycles. The smallest absolute Gasteiger partial charge is 0.111 e. The van der Waals surface area contributed by atoms with Crippen molar-refractivity contribution in [2.75, 3.05) is 19.7 Å². The highest BCUT2D eigenvalue weighted by Crippen LogP contribution is 2.11. The zero-order chi connectivity index (χ0) is 17.4. The number of aliphatic hydroxyl groups is 5. The highest BCUT2D eigenvalue weighted by Gasteiger charge is 2.30. The van der Waals surface area contributed by atoms with Crippen molar-refractivity contribution in [2.24, 2.45) is 5.73 Å². The van der Waals surface area contributed by atoms with Crippen molar-refractivity contribution < 1.29 is 25.5 Å². The molecule has 0 aliphatic carbocycles. The van der Waals surface area contributed by atoms with Gasteiger partial charge in [-0.25, -0.2) is 0 Å². The molecular formula is C16H29ClN2O5. The average molecular weight is 365 g/mol. The number of hydrogen-bond donors (Lipinski definition) is 6. The number of nitrogens with zero attached hydrogens (tertiary/aromatic N) is 1. The Labute approximate surface area is 148 Å². The van der Waals surface area contributed by atoms with Crippen LogP contribution in [0.2, 0.25) is 0 Å². The molecule has 0 heterocycles. The zero-order valence-electron chi connectivity index (χ0n) is 13.8. The van der Waals surface area contributed by atoms with Gasteiger partial charge in [0.2, 0.25) is 0 Å². The largest absolute Gasteiger partial charge is 0.394 e. The fourth-order valence-corrected chi connectivity index (χ4v) is 2.28. The fourth-order valence-electron chi connectivity index (χ4n) is 2.28. The molecule has 0 fully saturated rings. The maximum absolute atomic E-state index is 10.0. The lowest BCUT2D eigenvalue weighted by molar-refractivity contribution is -0.119. The third kappa shape index (κ3) is 7.00. The molecule has 0 radical (unpaired) electrons. The van der Waals surface area contributed by atoms with Crippen LogP contribution in [0.3, 0.4) is 0 Å². The monoisotopic (exact) mass is 364 g/mol. The Morgan fingerprint density at radius 1 is 0.958 bits per heavy atom. The van der Waals surface area contributed by atoms with Gasteiger partial charge in [-0.3, -0.25) is 4.90 Å². The first-order chi connectivity index (χ1) is 10.9. The first kappa shape index (κ1) is 23.2. The standard InChI is InChI=1S/C16H28N2O5.ClH/c1-2-18(8-12-5-3-11(7-17)4-6-12)9-13(20)15(22)16(23)14(21)10-19;/h3-6,13-16,19-23H,2,7-10,17H2,1H3;1H. The van der Waals surface area contributed by atoms with E-state index in [4.69, 9.17) is 10.8 Å². The Bertz CT molecular complexity index is 449. The molecule has 1 rings (SSSR count). The van der Waals surface area contributed by atoms with Crippen molar-refractivity contribution in [1.29, 1.82) is 0 Å². The Kier molecular flexibility index (Phi) is 11.4. The summed E-state index contributed by atoms with van der Waals surface area (Å²) in [5, 5.41) is 47.6. The maximum Gasteiger partial charge on any atom is 0.111 e. The summed E-state index contributed by atoms with van der Waals surface area (Å²) in [4.78, 5) is 1.91. The van der Waals surface area contributed by atoms with Crippen LogP contribution >= 0.6 is 12.4 Å². The first-order valence-electron chi connectivity index (χ1n) is 7.76. The normalized spacial score (nSPS) is 16.3. The van der Waals surface area contributed by atoms with Gasteiger partial charge in [0.25, 0.3) is 0 Å². The van der Waals surface area contributed by atoms with Gasteiger partial charge in [0.05, 0.1) is 12.7 Å². The highest BCUT2D eigenvalue weighted by atomic mass is 35.5. The van der Waals surface area contributed by atoms with Crippen LogP contribution in [0.4, 0.5) is 0 Å². The van der Waals surface area contributed by atoms with Crippen molar-refractivity contribution >= 4 is 12.4 Å². The molecule has 24 heavy (non-hydrogen) atoms. The summed E-state index contributed by atoms with van der Waals surface area (Å²) in [6.07, 6.45) is -5.86. The quantitative estimate of drug-likeness (QED) is 0.308. The number of hydrogen-bond acceptors (Lipinski definition) is 7. The van der Waals surface area contributed by atoms with Gasteiger partial charge in [0.15, 0.2) is 0 Å². The van der Waals surface area contributed by atoms with Crippen molar-refractivity contribution in [1.82, 2.24) is 4.90 Å². The minimum absolute atomic E-state index is 0. The second kappa shape index (κ2) is 11.7. The first-order valence-corrected chi connectivity index (χ1v) is 7.76. The van der Waals surface area contributed by atoms with E-state index in [1.54, 1.807) is 0 Å². The summed E-state index contributed by atoms with van der Waals surface area (Å²) < 4.78 is 0. The molecule has 8 heteroatoms. The van der Waals surface area contributed by atoms with Crippen molar-refractivity contribution in [2.45, 2.75) is 44.4 Å². The van der Waals surface area contributed by atoms with Crippen molar-refractivity contribution in [3.63, 3.8) is 0 Å². The second-order valence-electron chi connectivity index (χ2n) is 5.65. The molecule has 7 N–H and O–H groups in total.